The molecule has 0 fully saturated rings. The van der Waals surface area contributed by atoms with E-state index >= 15 is 0 Å². The van der Waals surface area contributed by atoms with E-state index in [2.05, 4.69) is 5.32 Å². The number of hydrogen-bond acceptors (Lipinski definition) is 3. The fraction of sp³-hybridized carbons (Fsp3) is 0.174. The molecule has 162 valence electrons. The lowest BCUT2D eigenvalue weighted by atomic mass is 10.1. The van der Waals surface area contributed by atoms with Crippen LogP contribution in [0.5, 0.6) is 0 Å². The Kier molecular flexibility index (Phi) is 6.70. The minimum atomic E-state index is -4.13. The Hall–Kier alpha value is -3.26. The zero-order chi connectivity index (χ0) is 22.6. The average Bonchev–Trinajstić information content (AvgIpc) is 2.73. The maximum Gasteiger partial charge on any atom is 0.264 e. The van der Waals surface area contributed by atoms with Gasteiger partial charge in [0.2, 0.25) is 5.91 Å². The van der Waals surface area contributed by atoms with Gasteiger partial charge >= 0.3 is 0 Å². The SMILES string of the molecule is Cc1ccc(N(CC(=O)N[C@@H](C)c2ccc(F)cc2)S(=O)(=O)c2ccc(F)cc2)cc1. The fourth-order valence-corrected chi connectivity index (χ4v) is 4.43. The molecule has 1 N–H and O–H groups in total. The molecule has 0 bridgehead atoms. The fourth-order valence-electron chi connectivity index (χ4n) is 3.01. The first-order chi connectivity index (χ1) is 14.7. The number of sulfonamides is 1. The van der Waals surface area contributed by atoms with Crippen LogP contribution in [0.15, 0.2) is 77.7 Å². The molecule has 3 aromatic rings. The Morgan fingerprint density at radius 3 is 1.97 bits per heavy atom. The van der Waals surface area contributed by atoms with Crippen LogP contribution in [-0.4, -0.2) is 20.9 Å². The molecule has 3 rings (SSSR count). The monoisotopic (exact) mass is 444 g/mol. The third-order valence-electron chi connectivity index (χ3n) is 4.76. The van der Waals surface area contributed by atoms with Crippen LogP contribution < -0.4 is 9.62 Å². The minimum absolute atomic E-state index is 0.131. The molecule has 31 heavy (non-hydrogen) atoms. The van der Waals surface area contributed by atoms with Crippen LogP contribution in [0.2, 0.25) is 0 Å². The first kappa shape index (κ1) is 22.4. The summed E-state index contributed by atoms with van der Waals surface area (Å²) < 4.78 is 53.9. The highest BCUT2D eigenvalue weighted by Gasteiger charge is 2.27. The highest BCUT2D eigenvalue weighted by Crippen LogP contribution is 2.24. The van der Waals surface area contributed by atoms with Crippen LogP contribution in [0.25, 0.3) is 0 Å². The van der Waals surface area contributed by atoms with Crippen molar-refractivity contribution in [2.24, 2.45) is 0 Å². The molecule has 0 unspecified atom stereocenters. The standard InChI is InChI=1S/C23H22F2N2O3S/c1-16-3-11-21(12-4-16)27(31(29,30)22-13-9-20(25)10-14-22)15-23(28)26-17(2)18-5-7-19(24)8-6-18/h3-14,17H,15H2,1-2H3,(H,26,28)/t17-/m0/s1. The van der Waals surface area contributed by atoms with E-state index in [0.29, 0.717) is 11.3 Å². The number of aryl methyl sites for hydroxylation is 1. The first-order valence-electron chi connectivity index (χ1n) is 9.56. The van der Waals surface area contributed by atoms with Gasteiger partial charge in [-0.05, 0) is 67.9 Å². The number of nitrogens with one attached hydrogen (secondary N) is 1. The van der Waals surface area contributed by atoms with E-state index < -0.39 is 40.2 Å². The Balaban J connectivity index is 1.87. The largest absolute Gasteiger partial charge is 0.348 e. The van der Waals surface area contributed by atoms with Crippen molar-refractivity contribution >= 4 is 21.6 Å². The second-order valence-corrected chi connectivity index (χ2v) is 9.00. The molecule has 0 heterocycles. The number of nitrogens with zero attached hydrogens (tertiary/aromatic N) is 1. The molecule has 0 radical (unpaired) electrons. The molecule has 0 aromatic heterocycles. The highest BCUT2D eigenvalue weighted by atomic mass is 32.2. The quantitative estimate of drug-likeness (QED) is 0.589. The topological polar surface area (TPSA) is 66.5 Å². The molecule has 3 aromatic carbocycles. The third kappa shape index (κ3) is 5.46. The van der Waals surface area contributed by atoms with Gasteiger partial charge in [0.15, 0.2) is 0 Å². The lowest BCUT2D eigenvalue weighted by Crippen LogP contribution is -2.41. The van der Waals surface area contributed by atoms with Crippen molar-refractivity contribution in [1.82, 2.24) is 5.32 Å². The van der Waals surface area contributed by atoms with Gasteiger partial charge in [-0.15, -0.1) is 0 Å². The predicted octanol–water partition coefficient (Wildman–Crippen LogP) is 4.35. The van der Waals surface area contributed by atoms with Crippen molar-refractivity contribution in [3.8, 4) is 0 Å². The second-order valence-electron chi connectivity index (χ2n) is 7.14. The summed E-state index contributed by atoms with van der Waals surface area (Å²) in [4.78, 5) is 12.6. The number of halogens is 2. The van der Waals surface area contributed by atoms with Gasteiger partial charge in [0.25, 0.3) is 10.0 Å². The lowest BCUT2D eigenvalue weighted by Gasteiger charge is -2.25. The van der Waals surface area contributed by atoms with Crippen molar-refractivity contribution in [2.45, 2.75) is 24.8 Å². The molecule has 0 aliphatic rings. The van der Waals surface area contributed by atoms with Crippen LogP contribution in [0.3, 0.4) is 0 Å². The molecule has 5 nitrogen and oxygen atoms in total. The Morgan fingerprint density at radius 2 is 1.42 bits per heavy atom. The molecule has 0 spiro atoms. The summed E-state index contributed by atoms with van der Waals surface area (Å²) in [5.41, 5.74) is 1.91. The van der Waals surface area contributed by atoms with Gasteiger partial charge in [-0.2, -0.15) is 0 Å². The van der Waals surface area contributed by atoms with Gasteiger partial charge in [-0.3, -0.25) is 9.10 Å². The van der Waals surface area contributed by atoms with E-state index in [0.717, 1.165) is 34.1 Å². The van der Waals surface area contributed by atoms with Gasteiger partial charge in [0.05, 0.1) is 16.6 Å². The van der Waals surface area contributed by atoms with E-state index in [1.165, 1.54) is 12.1 Å². The number of hydrogen-bond donors (Lipinski definition) is 1. The summed E-state index contributed by atoms with van der Waals surface area (Å²) in [6.07, 6.45) is 0. The van der Waals surface area contributed by atoms with E-state index in [1.807, 2.05) is 6.92 Å². The summed E-state index contributed by atoms with van der Waals surface area (Å²) in [5.74, 6) is -1.49. The molecule has 8 heteroatoms. The molecule has 0 saturated heterocycles. The zero-order valence-electron chi connectivity index (χ0n) is 17.0. The van der Waals surface area contributed by atoms with E-state index in [1.54, 1.807) is 43.3 Å². The van der Waals surface area contributed by atoms with Crippen molar-refractivity contribution < 1.29 is 22.0 Å². The smallest absolute Gasteiger partial charge is 0.264 e. The molecular weight excluding hydrogens is 422 g/mol. The number of carbonyl (C=O) groups excluding carboxylic acids is 1. The van der Waals surface area contributed by atoms with Crippen LogP contribution in [-0.2, 0) is 14.8 Å². The summed E-state index contributed by atoms with van der Waals surface area (Å²) in [6.45, 7) is 3.10. The van der Waals surface area contributed by atoms with E-state index in [4.69, 9.17) is 0 Å². The van der Waals surface area contributed by atoms with Crippen molar-refractivity contribution in [3.05, 3.63) is 95.6 Å². The van der Waals surface area contributed by atoms with Crippen molar-refractivity contribution in [2.75, 3.05) is 10.8 Å². The molecule has 1 amide bonds. The van der Waals surface area contributed by atoms with E-state index in [-0.39, 0.29) is 4.90 Å². The Labute approximate surface area is 180 Å². The van der Waals surface area contributed by atoms with Gasteiger partial charge in [-0.25, -0.2) is 17.2 Å². The summed E-state index contributed by atoms with van der Waals surface area (Å²) in [5, 5.41) is 2.73. The summed E-state index contributed by atoms with van der Waals surface area (Å²) >= 11 is 0. The second kappa shape index (κ2) is 9.26. The number of rotatable bonds is 7. The summed E-state index contributed by atoms with van der Waals surface area (Å²) in [7, 11) is -4.13. The molecule has 0 saturated carbocycles. The normalized spacial score (nSPS) is 12.3. The van der Waals surface area contributed by atoms with Gasteiger partial charge in [0, 0.05) is 0 Å². The predicted molar refractivity (Wildman–Crippen MR) is 115 cm³/mol. The molecule has 1 atom stereocenters. The van der Waals surface area contributed by atoms with Gasteiger partial charge in [0.1, 0.15) is 18.2 Å². The van der Waals surface area contributed by atoms with Crippen molar-refractivity contribution in [3.63, 3.8) is 0 Å². The number of anilines is 1. The number of amides is 1. The van der Waals surface area contributed by atoms with Crippen LogP contribution in [0.4, 0.5) is 14.5 Å². The van der Waals surface area contributed by atoms with Crippen LogP contribution >= 0.6 is 0 Å². The van der Waals surface area contributed by atoms with Gasteiger partial charge < -0.3 is 5.32 Å². The maximum atomic E-state index is 13.3. The molecule has 0 aliphatic carbocycles. The van der Waals surface area contributed by atoms with E-state index in [9.17, 15) is 22.0 Å². The maximum absolute atomic E-state index is 13.3. The number of carbonyl (C=O) groups is 1. The first-order valence-corrected chi connectivity index (χ1v) is 11.0. The lowest BCUT2D eigenvalue weighted by molar-refractivity contribution is -0.120. The summed E-state index contributed by atoms with van der Waals surface area (Å²) in [6, 6.07) is 16.3. The molecular formula is C23H22F2N2O3S. The van der Waals surface area contributed by atoms with Crippen LogP contribution in [0.1, 0.15) is 24.1 Å². The third-order valence-corrected chi connectivity index (χ3v) is 6.55. The Morgan fingerprint density at radius 1 is 0.903 bits per heavy atom. The minimum Gasteiger partial charge on any atom is -0.348 e. The van der Waals surface area contributed by atoms with Gasteiger partial charge in [-0.1, -0.05) is 29.8 Å². The average molecular weight is 445 g/mol. The van der Waals surface area contributed by atoms with Crippen LogP contribution in [0, 0.1) is 18.6 Å². The van der Waals surface area contributed by atoms with Crippen molar-refractivity contribution in [1.29, 1.82) is 0 Å². The zero-order valence-corrected chi connectivity index (χ0v) is 17.9. The Bertz CT molecular complexity index is 1150. The number of benzene rings is 3. The highest BCUT2D eigenvalue weighted by molar-refractivity contribution is 7.92. The molecule has 0 aliphatic heterocycles.